The molecule has 0 saturated carbocycles. The fourth-order valence-corrected chi connectivity index (χ4v) is 2.06. The number of hydrogen-bond acceptors (Lipinski definition) is 2. The number of hydrogen-bond donors (Lipinski definition) is 0. The SMILES string of the molecule is O=C([O-])[C@H](CCc1ccccc1)c1ccccc1. The Kier molecular flexibility index (Phi) is 4.13. The first-order chi connectivity index (χ1) is 8.77. The second-order valence-corrected chi connectivity index (χ2v) is 4.31. The molecule has 92 valence electrons. The summed E-state index contributed by atoms with van der Waals surface area (Å²) in [5, 5.41) is 11.2. The van der Waals surface area contributed by atoms with Crippen LogP contribution in [0.4, 0.5) is 0 Å². The fraction of sp³-hybridized carbons (Fsp3) is 0.188. The Hall–Kier alpha value is -2.09. The Morgan fingerprint density at radius 3 is 2.06 bits per heavy atom. The molecule has 2 aromatic rings. The number of carboxylic acid groups (broad SMARTS) is 1. The Balaban J connectivity index is 2.06. The van der Waals surface area contributed by atoms with Gasteiger partial charge in [-0.3, -0.25) is 0 Å². The van der Waals surface area contributed by atoms with Gasteiger partial charge >= 0.3 is 0 Å². The fourth-order valence-electron chi connectivity index (χ4n) is 2.06. The van der Waals surface area contributed by atoms with Gasteiger partial charge in [-0.25, -0.2) is 0 Å². The van der Waals surface area contributed by atoms with Gasteiger partial charge in [0.25, 0.3) is 0 Å². The van der Waals surface area contributed by atoms with E-state index in [0.29, 0.717) is 6.42 Å². The standard InChI is InChI=1S/C16H16O2/c17-16(18)15(14-9-5-2-6-10-14)12-11-13-7-3-1-4-8-13/h1-10,15H,11-12H2,(H,17,18)/p-1/t15-/m1/s1. The Bertz CT molecular complexity index is 491. The van der Waals surface area contributed by atoms with Crippen LogP contribution in [-0.4, -0.2) is 5.97 Å². The quantitative estimate of drug-likeness (QED) is 0.802. The molecule has 0 aliphatic heterocycles. The molecule has 0 bridgehead atoms. The molecule has 0 unspecified atom stereocenters. The number of benzene rings is 2. The average molecular weight is 239 g/mol. The van der Waals surface area contributed by atoms with Crippen LogP contribution >= 0.6 is 0 Å². The summed E-state index contributed by atoms with van der Waals surface area (Å²) in [7, 11) is 0. The zero-order valence-corrected chi connectivity index (χ0v) is 10.1. The maximum Gasteiger partial charge on any atom is 0.0489 e. The van der Waals surface area contributed by atoms with Crippen molar-refractivity contribution in [3.05, 3.63) is 71.8 Å². The molecule has 1 atom stereocenters. The Morgan fingerprint density at radius 1 is 0.944 bits per heavy atom. The van der Waals surface area contributed by atoms with Crippen molar-refractivity contribution in [3.63, 3.8) is 0 Å². The van der Waals surface area contributed by atoms with E-state index in [2.05, 4.69) is 0 Å². The predicted molar refractivity (Wildman–Crippen MR) is 69.0 cm³/mol. The van der Waals surface area contributed by atoms with Crippen molar-refractivity contribution in [3.8, 4) is 0 Å². The molecule has 2 heteroatoms. The summed E-state index contributed by atoms with van der Waals surface area (Å²) in [6.07, 6.45) is 1.31. The summed E-state index contributed by atoms with van der Waals surface area (Å²) < 4.78 is 0. The number of aryl methyl sites for hydroxylation is 1. The summed E-state index contributed by atoms with van der Waals surface area (Å²) >= 11 is 0. The van der Waals surface area contributed by atoms with Crippen LogP contribution in [0.5, 0.6) is 0 Å². The minimum atomic E-state index is -1.00. The van der Waals surface area contributed by atoms with Gasteiger partial charge in [0.1, 0.15) is 0 Å². The van der Waals surface area contributed by atoms with E-state index in [9.17, 15) is 9.90 Å². The normalized spacial score (nSPS) is 12.0. The average Bonchev–Trinajstić information content (AvgIpc) is 2.41. The Morgan fingerprint density at radius 2 is 1.50 bits per heavy atom. The van der Waals surface area contributed by atoms with Crippen LogP contribution in [0.15, 0.2) is 60.7 Å². The first kappa shape index (κ1) is 12.4. The minimum Gasteiger partial charge on any atom is -0.549 e. The second kappa shape index (κ2) is 6.01. The monoisotopic (exact) mass is 239 g/mol. The number of aliphatic carboxylic acids is 1. The lowest BCUT2D eigenvalue weighted by atomic mass is 9.92. The third-order valence-electron chi connectivity index (χ3n) is 3.05. The summed E-state index contributed by atoms with van der Waals surface area (Å²) in [6, 6.07) is 19.2. The van der Waals surface area contributed by atoms with E-state index in [-0.39, 0.29) is 0 Å². The van der Waals surface area contributed by atoms with E-state index in [0.717, 1.165) is 17.5 Å². The lowest BCUT2D eigenvalue weighted by molar-refractivity contribution is -0.308. The van der Waals surface area contributed by atoms with E-state index in [1.807, 2.05) is 60.7 Å². The molecule has 2 rings (SSSR count). The molecule has 0 heterocycles. The molecule has 2 aromatic carbocycles. The molecule has 0 aliphatic rings. The molecule has 0 fully saturated rings. The third kappa shape index (κ3) is 3.20. The molecule has 0 spiro atoms. The molecule has 2 nitrogen and oxygen atoms in total. The molecule has 0 aromatic heterocycles. The predicted octanol–water partition coefficient (Wildman–Crippen LogP) is 2.15. The van der Waals surface area contributed by atoms with Crippen LogP contribution in [-0.2, 0) is 11.2 Å². The van der Waals surface area contributed by atoms with E-state index in [1.54, 1.807) is 0 Å². The lowest BCUT2D eigenvalue weighted by Crippen LogP contribution is -2.30. The summed E-state index contributed by atoms with van der Waals surface area (Å²) in [5.41, 5.74) is 1.97. The highest BCUT2D eigenvalue weighted by atomic mass is 16.4. The Labute approximate surface area is 107 Å². The van der Waals surface area contributed by atoms with Crippen molar-refractivity contribution in [1.29, 1.82) is 0 Å². The van der Waals surface area contributed by atoms with Crippen molar-refractivity contribution < 1.29 is 9.90 Å². The highest BCUT2D eigenvalue weighted by Gasteiger charge is 2.12. The van der Waals surface area contributed by atoms with Crippen LogP contribution < -0.4 is 5.11 Å². The van der Waals surface area contributed by atoms with E-state index in [4.69, 9.17) is 0 Å². The van der Waals surface area contributed by atoms with Crippen LogP contribution in [0.3, 0.4) is 0 Å². The van der Waals surface area contributed by atoms with Crippen LogP contribution in [0.25, 0.3) is 0 Å². The van der Waals surface area contributed by atoms with Gasteiger partial charge in [-0.05, 0) is 24.0 Å². The maximum atomic E-state index is 11.2. The largest absolute Gasteiger partial charge is 0.549 e. The summed E-state index contributed by atoms with van der Waals surface area (Å²) in [6.45, 7) is 0. The molecular formula is C16H15O2-. The zero-order valence-electron chi connectivity index (χ0n) is 10.1. The van der Waals surface area contributed by atoms with Gasteiger partial charge in [0.2, 0.25) is 0 Å². The van der Waals surface area contributed by atoms with Gasteiger partial charge in [0.05, 0.1) is 0 Å². The summed E-state index contributed by atoms with van der Waals surface area (Å²) in [4.78, 5) is 11.2. The van der Waals surface area contributed by atoms with Crippen molar-refractivity contribution in [2.24, 2.45) is 0 Å². The van der Waals surface area contributed by atoms with Gasteiger partial charge < -0.3 is 9.90 Å². The number of carbonyl (C=O) groups excluding carboxylic acids is 1. The topological polar surface area (TPSA) is 40.1 Å². The number of carbonyl (C=O) groups is 1. The zero-order chi connectivity index (χ0) is 12.8. The molecule has 0 N–H and O–H groups in total. The molecule has 0 aliphatic carbocycles. The molecule has 0 radical (unpaired) electrons. The van der Waals surface area contributed by atoms with Crippen LogP contribution in [0.1, 0.15) is 23.5 Å². The van der Waals surface area contributed by atoms with E-state index in [1.165, 1.54) is 0 Å². The highest BCUT2D eigenvalue weighted by Crippen LogP contribution is 2.21. The first-order valence-corrected chi connectivity index (χ1v) is 6.07. The van der Waals surface area contributed by atoms with Crippen molar-refractivity contribution in [2.75, 3.05) is 0 Å². The van der Waals surface area contributed by atoms with Gasteiger partial charge in [-0.1, -0.05) is 60.7 Å². The van der Waals surface area contributed by atoms with Crippen molar-refractivity contribution in [1.82, 2.24) is 0 Å². The third-order valence-corrected chi connectivity index (χ3v) is 3.05. The summed E-state index contributed by atoms with van der Waals surface area (Å²) in [5.74, 6) is -1.54. The smallest absolute Gasteiger partial charge is 0.0489 e. The van der Waals surface area contributed by atoms with Gasteiger partial charge in [-0.2, -0.15) is 0 Å². The highest BCUT2D eigenvalue weighted by molar-refractivity contribution is 5.73. The van der Waals surface area contributed by atoms with Crippen LogP contribution in [0, 0.1) is 0 Å². The van der Waals surface area contributed by atoms with E-state index < -0.39 is 11.9 Å². The molecule has 0 saturated heterocycles. The van der Waals surface area contributed by atoms with Crippen molar-refractivity contribution >= 4 is 5.97 Å². The van der Waals surface area contributed by atoms with Gasteiger partial charge in [-0.15, -0.1) is 0 Å². The number of carboxylic acids is 1. The number of rotatable bonds is 5. The van der Waals surface area contributed by atoms with Crippen LogP contribution in [0.2, 0.25) is 0 Å². The minimum absolute atomic E-state index is 0.536. The van der Waals surface area contributed by atoms with E-state index >= 15 is 0 Å². The lowest BCUT2D eigenvalue weighted by Gasteiger charge is -2.18. The maximum absolute atomic E-state index is 11.2. The van der Waals surface area contributed by atoms with Gasteiger partial charge in [0.15, 0.2) is 0 Å². The second-order valence-electron chi connectivity index (χ2n) is 4.31. The van der Waals surface area contributed by atoms with Crippen molar-refractivity contribution in [2.45, 2.75) is 18.8 Å². The molecular weight excluding hydrogens is 224 g/mol. The molecule has 18 heavy (non-hydrogen) atoms. The first-order valence-electron chi connectivity index (χ1n) is 6.07. The van der Waals surface area contributed by atoms with Gasteiger partial charge in [0, 0.05) is 11.9 Å². The molecule has 0 amide bonds.